The van der Waals surface area contributed by atoms with Gasteiger partial charge in [0.2, 0.25) is 0 Å². The molecule has 0 bridgehead atoms. The molecule has 4 aromatic rings. The van der Waals surface area contributed by atoms with Crippen LogP contribution < -0.4 is 0 Å². The van der Waals surface area contributed by atoms with E-state index in [-0.39, 0.29) is 12.8 Å². The van der Waals surface area contributed by atoms with Gasteiger partial charge in [0.05, 0.1) is 21.9 Å². The molecule has 0 radical (unpaired) electrons. The number of hydrogen-bond acceptors (Lipinski definition) is 3. The van der Waals surface area contributed by atoms with Gasteiger partial charge in [-0.3, -0.25) is 9.30 Å². The number of pyridine rings is 1. The van der Waals surface area contributed by atoms with Crippen molar-refractivity contribution in [1.82, 2.24) is 24.3 Å². The van der Waals surface area contributed by atoms with E-state index >= 15 is 0 Å². The third-order valence-electron chi connectivity index (χ3n) is 5.58. The average Bonchev–Trinajstić information content (AvgIpc) is 3.35. The minimum atomic E-state index is -2.56. The molecule has 9 heteroatoms. The smallest absolute Gasteiger partial charge is 0.250 e. The maximum atomic E-state index is 13.5. The number of hydrogen-bond donors (Lipinski definition) is 1. The SMILES string of the molecule is FC1(F)CCN(Cc2nc(-c3nc(-c4ccc(Cl)cc4Cl)c[nH]3)n3ccccc23)CC1. The summed E-state index contributed by atoms with van der Waals surface area (Å²) in [5, 5.41) is 1.07. The van der Waals surface area contributed by atoms with Crippen LogP contribution in [0.1, 0.15) is 18.5 Å². The molecular weight excluding hydrogens is 443 g/mol. The Hall–Kier alpha value is -2.48. The zero-order chi connectivity index (χ0) is 21.6. The normalized spacial score (nSPS) is 16.8. The predicted molar refractivity (Wildman–Crippen MR) is 118 cm³/mol. The Morgan fingerprint density at radius 1 is 1.06 bits per heavy atom. The first-order chi connectivity index (χ1) is 14.9. The highest BCUT2D eigenvalue weighted by molar-refractivity contribution is 6.36. The van der Waals surface area contributed by atoms with E-state index in [0.29, 0.717) is 47.0 Å². The summed E-state index contributed by atoms with van der Waals surface area (Å²) in [7, 11) is 0. The van der Waals surface area contributed by atoms with Crippen LogP contribution >= 0.6 is 23.2 Å². The molecule has 0 saturated carbocycles. The number of benzene rings is 1. The lowest BCUT2D eigenvalue weighted by atomic mass is 10.1. The van der Waals surface area contributed by atoms with E-state index < -0.39 is 5.92 Å². The highest BCUT2D eigenvalue weighted by Crippen LogP contribution is 2.32. The first-order valence-corrected chi connectivity index (χ1v) is 10.7. The Morgan fingerprint density at radius 3 is 2.65 bits per heavy atom. The second-order valence-corrected chi connectivity index (χ2v) is 8.57. The van der Waals surface area contributed by atoms with Gasteiger partial charge < -0.3 is 4.98 Å². The molecule has 1 aliphatic heterocycles. The van der Waals surface area contributed by atoms with Crippen LogP contribution in [0.5, 0.6) is 0 Å². The quantitative estimate of drug-likeness (QED) is 0.409. The summed E-state index contributed by atoms with van der Waals surface area (Å²) in [6.07, 6.45) is 3.47. The van der Waals surface area contributed by atoms with Gasteiger partial charge in [-0.25, -0.2) is 18.7 Å². The third kappa shape index (κ3) is 4.05. The third-order valence-corrected chi connectivity index (χ3v) is 6.13. The van der Waals surface area contributed by atoms with E-state index in [1.165, 1.54) is 0 Å². The molecule has 0 aliphatic carbocycles. The molecule has 1 fully saturated rings. The molecule has 3 aromatic heterocycles. The van der Waals surface area contributed by atoms with Crippen molar-refractivity contribution in [3.63, 3.8) is 0 Å². The highest BCUT2D eigenvalue weighted by Gasteiger charge is 2.34. The predicted octanol–water partition coefficient (Wildman–Crippen LogP) is 5.93. The van der Waals surface area contributed by atoms with Gasteiger partial charge in [0.25, 0.3) is 5.92 Å². The van der Waals surface area contributed by atoms with Gasteiger partial charge >= 0.3 is 0 Å². The molecule has 31 heavy (non-hydrogen) atoms. The number of piperidine rings is 1. The van der Waals surface area contributed by atoms with Crippen LogP contribution in [0.4, 0.5) is 8.78 Å². The van der Waals surface area contributed by atoms with Crippen LogP contribution in [0, 0.1) is 0 Å². The number of alkyl halides is 2. The number of fused-ring (bicyclic) bond motifs is 1. The van der Waals surface area contributed by atoms with Crippen molar-refractivity contribution in [3.8, 4) is 22.9 Å². The molecular formula is C22H19Cl2F2N5. The molecule has 0 unspecified atom stereocenters. The number of H-pyrrole nitrogens is 1. The van der Waals surface area contributed by atoms with Gasteiger partial charge in [-0.1, -0.05) is 29.3 Å². The first-order valence-electron chi connectivity index (χ1n) is 9.97. The molecule has 0 atom stereocenters. The monoisotopic (exact) mass is 461 g/mol. The Morgan fingerprint density at radius 2 is 1.87 bits per heavy atom. The highest BCUT2D eigenvalue weighted by atomic mass is 35.5. The summed E-state index contributed by atoms with van der Waals surface area (Å²) in [5.74, 6) is -1.31. The Balaban J connectivity index is 1.48. The van der Waals surface area contributed by atoms with E-state index in [0.717, 1.165) is 16.8 Å². The number of aromatic amines is 1. The van der Waals surface area contributed by atoms with Crippen LogP contribution in [0.2, 0.25) is 10.0 Å². The second-order valence-electron chi connectivity index (χ2n) is 7.73. The van der Waals surface area contributed by atoms with Gasteiger partial charge in [-0.05, 0) is 30.3 Å². The zero-order valence-electron chi connectivity index (χ0n) is 16.5. The van der Waals surface area contributed by atoms with Crippen molar-refractivity contribution in [2.45, 2.75) is 25.3 Å². The molecule has 0 amide bonds. The van der Waals surface area contributed by atoms with E-state index in [1.807, 2.05) is 39.8 Å². The van der Waals surface area contributed by atoms with Crippen molar-refractivity contribution >= 4 is 28.7 Å². The fraction of sp³-hybridized carbons (Fsp3) is 0.273. The lowest BCUT2D eigenvalue weighted by molar-refractivity contribution is -0.0567. The van der Waals surface area contributed by atoms with Gasteiger partial charge in [0, 0.05) is 55.5 Å². The molecule has 1 aromatic carbocycles. The largest absolute Gasteiger partial charge is 0.341 e. The van der Waals surface area contributed by atoms with Crippen molar-refractivity contribution in [2.24, 2.45) is 0 Å². The van der Waals surface area contributed by atoms with E-state index in [2.05, 4.69) is 4.98 Å². The maximum Gasteiger partial charge on any atom is 0.250 e. The number of nitrogens with zero attached hydrogens (tertiary/aromatic N) is 4. The van der Waals surface area contributed by atoms with Crippen molar-refractivity contribution in [2.75, 3.05) is 13.1 Å². The summed E-state index contributed by atoms with van der Waals surface area (Å²) in [5.41, 5.74) is 3.22. The van der Waals surface area contributed by atoms with Crippen LogP contribution in [0.25, 0.3) is 28.4 Å². The van der Waals surface area contributed by atoms with Crippen LogP contribution in [-0.4, -0.2) is 43.3 Å². The molecule has 5 nitrogen and oxygen atoms in total. The molecule has 1 saturated heterocycles. The number of imidazole rings is 2. The standard InChI is InChI=1S/C22H19Cl2F2N5/c23-14-4-5-15(16(24)11-14)17-12-27-20(28-17)21-29-18(19-3-1-2-8-31(19)21)13-30-9-6-22(25,26)7-10-30/h1-5,8,11-12H,6-7,9-10,13H2,(H,27,28). The number of nitrogens with one attached hydrogen (secondary N) is 1. The van der Waals surface area contributed by atoms with E-state index in [4.69, 9.17) is 33.2 Å². The Labute approximate surface area is 187 Å². The van der Waals surface area contributed by atoms with Crippen LogP contribution in [0.15, 0.2) is 48.8 Å². The molecule has 4 heterocycles. The molecule has 5 rings (SSSR count). The lowest BCUT2D eigenvalue weighted by Gasteiger charge is -2.31. The zero-order valence-corrected chi connectivity index (χ0v) is 18.0. The number of aromatic nitrogens is 4. The lowest BCUT2D eigenvalue weighted by Crippen LogP contribution is -2.38. The van der Waals surface area contributed by atoms with Crippen molar-refractivity contribution in [1.29, 1.82) is 0 Å². The fourth-order valence-corrected chi connectivity index (χ4v) is 4.41. The molecule has 0 spiro atoms. The van der Waals surface area contributed by atoms with E-state index in [1.54, 1.807) is 18.3 Å². The van der Waals surface area contributed by atoms with Crippen LogP contribution in [-0.2, 0) is 6.54 Å². The number of halogens is 4. The van der Waals surface area contributed by atoms with Crippen LogP contribution in [0.3, 0.4) is 0 Å². The van der Waals surface area contributed by atoms with Gasteiger partial charge in [-0.2, -0.15) is 0 Å². The average molecular weight is 462 g/mol. The molecule has 1 aliphatic rings. The summed E-state index contributed by atoms with van der Waals surface area (Å²) in [6, 6.07) is 11.1. The summed E-state index contributed by atoms with van der Waals surface area (Å²) in [4.78, 5) is 14.7. The molecule has 160 valence electrons. The van der Waals surface area contributed by atoms with Gasteiger partial charge in [-0.15, -0.1) is 0 Å². The second kappa shape index (κ2) is 7.89. The number of rotatable bonds is 4. The van der Waals surface area contributed by atoms with Crippen molar-refractivity contribution in [3.05, 3.63) is 64.5 Å². The van der Waals surface area contributed by atoms with Gasteiger partial charge in [0.1, 0.15) is 0 Å². The summed E-state index contributed by atoms with van der Waals surface area (Å²) < 4.78 is 29.0. The summed E-state index contributed by atoms with van der Waals surface area (Å²) >= 11 is 12.3. The molecule has 1 N–H and O–H groups in total. The Kier molecular flexibility index (Phi) is 5.20. The fourth-order valence-electron chi connectivity index (χ4n) is 3.91. The number of likely N-dealkylation sites (tertiary alicyclic amines) is 1. The Bertz CT molecular complexity index is 1240. The maximum absolute atomic E-state index is 13.5. The minimum absolute atomic E-state index is 0.116. The minimum Gasteiger partial charge on any atom is -0.341 e. The first kappa shape index (κ1) is 20.4. The van der Waals surface area contributed by atoms with Crippen molar-refractivity contribution < 1.29 is 8.78 Å². The summed E-state index contributed by atoms with van der Waals surface area (Å²) in [6.45, 7) is 1.22. The van der Waals surface area contributed by atoms with E-state index in [9.17, 15) is 8.78 Å². The topological polar surface area (TPSA) is 49.2 Å². The van der Waals surface area contributed by atoms with Gasteiger partial charge in [0.15, 0.2) is 11.6 Å².